The number of hydrogen-bond acceptors (Lipinski definition) is 11. The third kappa shape index (κ3) is 4.01. The summed E-state index contributed by atoms with van der Waals surface area (Å²) in [5.74, 6) is -1.10. The molecule has 11 nitrogen and oxygen atoms in total. The lowest BCUT2D eigenvalue weighted by Crippen LogP contribution is -2.60. The van der Waals surface area contributed by atoms with Gasteiger partial charge in [0, 0.05) is 24.1 Å². The number of hydrogen-bond donors (Lipinski definition) is 8. The molecule has 2 aliphatic rings. The molecule has 2 heterocycles. The highest BCUT2D eigenvalue weighted by molar-refractivity contribution is 5.52. The summed E-state index contributed by atoms with van der Waals surface area (Å²) in [6, 6.07) is 6.38. The number of aliphatic hydroxyl groups is 4. The lowest BCUT2D eigenvalue weighted by molar-refractivity contribution is -0.317. The number of phenolic OH excluding ortho intramolecular Hbond substituents is 4. The zero-order valence-electron chi connectivity index (χ0n) is 16.6. The zero-order chi connectivity index (χ0) is 23.2. The highest BCUT2D eigenvalue weighted by Gasteiger charge is 2.46. The van der Waals surface area contributed by atoms with E-state index in [2.05, 4.69) is 0 Å². The zero-order valence-corrected chi connectivity index (χ0v) is 16.6. The van der Waals surface area contributed by atoms with Crippen LogP contribution in [0.3, 0.4) is 0 Å². The van der Waals surface area contributed by atoms with Gasteiger partial charge in [0.25, 0.3) is 0 Å². The molecule has 8 N–H and O–H groups in total. The second-order valence-electron chi connectivity index (χ2n) is 7.80. The topological polar surface area (TPSA) is 190 Å². The molecule has 11 heteroatoms. The van der Waals surface area contributed by atoms with Crippen molar-refractivity contribution in [3.8, 4) is 28.7 Å². The van der Waals surface area contributed by atoms with Gasteiger partial charge in [-0.25, -0.2) is 0 Å². The predicted octanol–water partition coefficient (Wildman–Crippen LogP) is -0.630. The molecule has 0 aromatic heterocycles. The van der Waals surface area contributed by atoms with E-state index in [0.717, 1.165) is 6.07 Å². The Labute approximate surface area is 181 Å². The maximum atomic E-state index is 10.3. The summed E-state index contributed by atoms with van der Waals surface area (Å²) < 4.78 is 17.2. The van der Waals surface area contributed by atoms with Crippen molar-refractivity contribution in [2.45, 2.75) is 49.3 Å². The van der Waals surface area contributed by atoms with Crippen molar-refractivity contribution in [2.75, 3.05) is 6.61 Å². The number of aliphatic hydroxyl groups excluding tert-OH is 4. The SMILES string of the molecule is OCC1O[C@@H](O[C@@H]2Cc3c(O)cc(O)cc3O[C@@H]2c2ccc(O)c(O)c2)[C@@H](O)C(O)[C@@H]1O. The predicted molar refractivity (Wildman–Crippen MR) is 105 cm³/mol. The van der Waals surface area contributed by atoms with Crippen molar-refractivity contribution in [1.82, 2.24) is 0 Å². The van der Waals surface area contributed by atoms with Crippen molar-refractivity contribution in [3.63, 3.8) is 0 Å². The molecule has 1 saturated heterocycles. The van der Waals surface area contributed by atoms with Gasteiger partial charge in [0.2, 0.25) is 0 Å². The molecule has 0 saturated carbocycles. The number of phenols is 4. The van der Waals surface area contributed by atoms with Gasteiger partial charge in [-0.15, -0.1) is 0 Å². The van der Waals surface area contributed by atoms with Crippen LogP contribution in [0.5, 0.6) is 28.7 Å². The number of ether oxygens (including phenoxy) is 3. The molecule has 2 unspecified atom stereocenters. The Hall–Kier alpha value is -2.80. The molecular formula is C21H24O11. The number of benzene rings is 2. The van der Waals surface area contributed by atoms with E-state index in [-0.39, 0.29) is 29.4 Å². The average Bonchev–Trinajstić information content (AvgIpc) is 2.76. The Balaban J connectivity index is 1.68. The Morgan fingerprint density at radius 3 is 2.31 bits per heavy atom. The molecule has 0 radical (unpaired) electrons. The summed E-state index contributed by atoms with van der Waals surface area (Å²) in [4.78, 5) is 0. The van der Waals surface area contributed by atoms with E-state index >= 15 is 0 Å². The Bertz CT molecular complexity index is 978. The standard InChI is InChI=1S/C21H24O11/c22-7-16-17(27)18(28)19(29)21(32-16)31-15-6-10-12(25)4-9(23)5-14(10)30-20(15)8-1-2-11(24)13(26)3-8/h1-5,15-29H,6-7H2/t15-,16?,17-,18?,19+,20-,21-/m1/s1. The highest BCUT2D eigenvalue weighted by Crippen LogP contribution is 2.44. The Morgan fingerprint density at radius 1 is 0.875 bits per heavy atom. The molecule has 2 aliphatic heterocycles. The maximum Gasteiger partial charge on any atom is 0.187 e. The molecule has 0 bridgehead atoms. The summed E-state index contributed by atoms with van der Waals surface area (Å²) in [7, 11) is 0. The van der Waals surface area contributed by atoms with Crippen LogP contribution in [0.1, 0.15) is 17.2 Å². The smallest absolute Gasteiger partial charge is 0.187 e. The van der Waals surface area contributed by atoms with Crippen LogP contribution in [-0.4, -0.2) is 84.3 Å². The van der Waals surface area contributed by atoms with Crippen molar-refractivity contribution >= 4 is 0 Å². The molecule has 0 amide bonds. The fraction of sp³-hybridized carbons (Fsp3) is 0.429. The molecule has 0 spiro atoms. The van der Waals surface area contributed by atoms with Gasteiger partial charge in [0.1, 0.15) is 47.8 Å². The molecule has 0 aliphatic carbocycles. The van der Waals surface area contributed by atoms with Crippen LogP contribution >= 0.6 is 0 Å². The number of rotatable bonds is 4. The third-order valence-electron chi connectivity index (χ3n) is 5.65. The molecule has 2 aromatic carbocycles. The van der Waals surface area contributed by atoms with Crippen LogP contribution in [0.15, 0.2) is 30.3 Å². The highest BCUT2D eigenvalue weighted by atomic mass is 16.7. The number of fused-ring (bicyclic) bond motifs is 1. The molecule has 7 atom stereocenters. The molecule has 174 valence electrons. The second-order valence-corrected chi connectivity index (χ2v) is 7.80. The minimum absolute atomic E-state index is 0.0166. The quantitative estimate of drug-likeness (QED) is 0.276. The summed E-state index contributed by atoms with van der Waals surface area (Å²) in [6.07, 6.45) is -9.41. The molecular weight excluding hydrogens is 428 g/mol. The van der Waals surface area contributed by atoms with E-state index in [0.29, 0.717) is 11.1 Å². The summed E-state index contributed by atoms with van der Waals surface area (Å²) in [5, 5.41) is 79.4. The maximum absolute atomic E-state index is 10.3. The van der Waals surface area contributed by atoms with Crippen LogP contribution in [0, 0.1) is 0 Å². The van der Waals surface area contributed by atoms with E-state index in [1.54, 1.807) is 0 Å². The van der Waals surface area contributed by atoms with Gasteiger partial charge in [0.05, 0.1) is 6.61 Å². The molecule has 32 heavy (non-hydrogen) atoms. The lowest BCUT2D eigenvalue weighted by atomic mass is 9.93. The summed E-state index contributed by atoms with van der Waals surface area (Å²) in [5.41, 5.74) is 0.667. The van der Waals surface area contributed by atoms with Crippen LogP contribution in [0.2, 0.25) is 0 Å². The monoisotopic (exact) mass is 452 g/mol. The first-order valence-electron chi connectivity index (χ1n) is 9.89. The first-order valence-corrected chi connectivity index (χ1v) is 9.89. The van der Waals surface area contributed by atoms with Gasteiger partial charge in [-0.1, -0.05) is 6.07 Å². The van der Waals surface area contributed by atoms with Crippen LogP contribution in [0.4, 0.5) is 0 Å². The van der Waals surface area contributed by atoms with Crippen LogP contribution < -0.4 is 4.74 Å². The van der Waals surface area contributed by atoms with E-state index < -0.39 is 55.3 Å². The minimum atomic E-state index is -1.66. The van der Waals surface area contributed by atoms with E-state index in [1.807, 2.05) is 0 Å². The van der Waals surface area contributed by atoms with Gasteiger partial charge in [-0.2, -0.15) is 0 Å². The first-order chi connectivity index (χ1) is 15.2. The fourth-order valence-corrected chi connectivity index (χ4v) is 3.92. The van der Waals surface area contributed by atoms with Crippen molar-refractivity contribution in [3.05, 3.63) is 41.5 Å². The average molecular weight is 452 g/mol. The normalized spacial score (nSPS) is 32.2. The van der Waals surface area contributed by atoms with Gasteiger partial charge >= 0.3 is 0 Å². The van der Waals surface area contributed by atoms with E-state index in [4.69, 9.17) is 14.2 Å². The van der Waals surface area contributed by atoms with E-state index in [9.17, 15) is 40.9 Å². The van der Waals surface area contributed by atoms with Crippen LogP contribution in [0.25, 0.3) is 0 Å². The first kappa shape index (κ1) is 22.4. The second kappa shape index (κ2) is 8.62. The summed E-state index contributed by atoms with van der Waals surface area (Å²) in [6.45, 7) is -0.635. The van der Waals surface area contributed by atoms with E-state index in [1.165, 1.54) is 24.3 Å². The van der Waals surface area contributed by atoms with Gasteiger partial charge in [-0.3, -0.25) is 0 Å². The van der Waals surface area contributed by atoms with Crippen molar-refractivity contribution < 1.29 is 55.1 Å². The van der Waals surface area contributed by atoms with Crippen molar-refractivity contribution in [1.29, 1.82) is 0 Å². The largest absolute Gasteiger partial charge is 0.508 e. The Kier molecular flexibility index (Phi) is 6.03. The molecule has 2 aromatic rings. The van der Waals surface area contributed by atoms with Gasteiger partial charge < -0.3 is 55.1 Å². The summed E-state index contributed by atoms with van der Waals surface area (Å²) >= 11 is 0. The van der Waals surface area contributed by atoms with Gasteiger partial charge in [0.15, 0.2) is 23.9 Å². The fourth-order valence-electron chi connectivity index (χ4n) is 3.92. The van der Waals surface area contributed by atoms with Gasteiger partial charge in [-0.05, 0) is 17.7 Å². The molecule has 4 rings (SSSR count). The van der Waals surface area contributed by atoms with Crippen LogP contribution in [-0.2, 0) is 15.9 Å². The molecule has 1 fully saturated rings. The Morgan fingerprint density at radius 2 is 1.62 bits per heavy atom. The van der Waals surface area contributed by atoms with Crippen molar-refractivity contribution in [2.24, 2.45) is 0 Å². The lowest BCUT2D eigenvalue weighted by Gasteiger charge is -2.43. The minimum Gasteiger partial charge on any atom is -0.508 e. The number of aromatic hydroxyl groups is 4. The third-order valence-corrected chi connectivity index (χ3v) is 5.65.